The molecule has 4 fully saturated rings. The molecule has 0 aliphatic heterocycles. The molecule has 4 aliphatic rings. The first kappa shape index (κ1) is 34.0. The van der Waals surface area contributed by atoms with Crippen molar-refractivity contribution in [1.29, 1.82) is 0 Å². The van der Waals surface area contributed by atoms with Gasteiger partial charge < -0.3 is 25.2 Å². The molecule has 6 rings (SSSR count). The molecule has 0 unspecified atom stereocenters. The van der Waals surface area contributed by atoms with Gasteiger partial charge in [0.2, 0.25) is 4.77 Å². The number of nitrogens with zero attached hydrogens (tertiary/aromatic N) is 3. The summed E-state index contributed by atoms with van der Waals surface area (Å²) < 4.78 is 19.2. The number of ether oxygens (including phenoxy) is 3. The summed E-state index contributed by atoms with van der Waals surface area (Å²) in [5.74, 6) is 9.72. The maximum atomic E-state index is 13.2. The number of carbonyl (C=O) groups excluding carboxylic acids is 2. The molecule has 258 valence electrons. The molecule has 10 atom stereocenters. The van der Waals surface area contributed by atoms with Gasteiger partial charge in [0, 0.05) is 12.0 Å². The molecule has 0 spiro atoms. The summed E-state index contributed by atoms with van der Waals surface area (Å²) in [5.41, 5.74) is 0.775. The van der Waals surface area contributed by atoms with E-state index in [1.54, 1.807) is 7.11 Å². The van der Waals surface area contributed by atoms with Crippen LogP contribution in [0.15, 0.2) is 24.3 Å². The molecule has 11 heteroatoms. The highest BCUT2D eigenvalue weighted by Gasteiger charge is 2.63. The van der Waals surface area contributed by atoms with Crippen LogP contribution in [0.4, 0.5) is 0 Å². The van der Waals surface area contributed by atoms with Crippen LogP contribution in [0.1, 0.15) is 85.0 Å². The highest BCUT2D eigenvalue weighted by molar-refractivity contribution is 7.71. The van der Waals surface area contributed by atoms with Gasteiger partial charge in [-0.05, 0) is 141 Å². The Hall–Kier alpha value is -2.92. The maximum Gasteiger partial charge on any atom is 0.328 e. The van der Waals surface area contributed by atoms with Gasteiger partial charge in [0.1, 0.15) is 18.4 Å². The third-order valence-electron chi connectivity index (χ3n) is 13.3. The van der Waals surface area contributed by atoms with Gasteiger partial charge in [0.15, 0.2) is 5.82 Å². The van der Waals surface area contributed by atoms with Gasteiger partial charge in [-0.2, -0.15) is 0 Å². The molecule has 0 saturated heterocycles. The number of aromatic nitrogens is 3. The molecule has 1 aromatic carbocycles. The van der Waals surface area contributed by atoms with Gasteiger partial charge in [-0.3, -0.25) is 9.59 Å². The lowest BCUT2D eigenvalue weighted by atomic mass is 9.43. The molecule has 3 N–H and O–H groups in total. The average molecular weight is 669 g/mol. The second-order valence-electron chi connectivity index (χ2n) is 15.3. The van der Waals surface area contributed by atoms with E-state index < -0.39 is 0 Å². The largest absolute Gasteiger partial charge is 0.497 e. The number of hydrogen-bond acceptors (Lipinski definition) is 9. The van der Waals surface area contributed by atoms with Gasteiger partial charge in [-0.1, -0.05) is 20.8 Å². The van der Waals surface area contributed by atoms with E-state index in [0.29, 0.717) is 47.8 Å². The van der Waals surface area contributed by atoms with Crippen LogP contribution in [0.2, 0.25) is 0 Å². The number of rotatable bonds is 9. The Morgan fingerprint density at radius 2 is 1.81 bits per heavy atom. The first-order chi connectivity index (χ1) is 22.4. The Labute approximate surface area is 283 Å². The number of nitrogen functional groups attached to an aromatic ring is 1. The molecule has 47 heavy (non-hydrogen) atoms. The van der Waals surface area contributed by atoms with Crippen molar-refractivity contribution in [2.45, 2.75) is 104 Å². The van der Waals surface area contributed by atoms with Crippen LogP contribution in [0, 0.1) is 51.1 Å². The normalized spacial score (nSPS) is 35.2. The van der Waals surface area contributed by atoms with Crippen LogP contribution < -0.4 is 10.6 Å². The van der Waals surface area contributed by atoms with Crippen LogP contribution in [0.3, 0.4) is 0 Å². The molecule has 1 heterocycles. The third kappa shape index (κ3) is 6.00. The summed E-state index contributed by atoms with van der Waals surface area (Å²) in [4.78, 5) is 25.0. The SMILES string of the molecule is COC(=O)CC[C@@H](C)[C@H]1CC[C@H]2[C@@H]3CC[C@@H]4C[C@H](OC(=O)Cn5nc(-c6ccc(OC)cc6)n(N)c5=S)CC[C@]4(C)[C@H]3C[C@H](O)[C@]12C. The number of aliphatic hydroxyl groups excluding tert-OH is 1. The van der Waals surface area contributed by atoms with Crippen molar-refractivity contribution >= 4 is 24.2 Å². The fourth-order valence-corrected chi connectivity index (χ4v) is 10.9. The highest BCUT2D eigenvalue weighted by Crippen LogP contribution is 2.68. The van der Waals surface area contributed by atoms with Crippen molar-refractivity contribution in [3.63, 3.8) is 0 Å². The number of esters is 2. The number of benzene rings is 1. The van der Waals surface area contributed by atoms with Gasteiger partial charge in [0.05, 0.1) is 20.3 Å². The lowest BCUT2D eigenvalue weighted by Gasteiger charge is -2.62. The Balaban J connectivity index is 1.08. The number of carbonyl (C=O) groups is 2. The zero-order valence-corrected chi connectivity index (χ0v) is 29.3. The van der Waals surface area contributed by atoms with Crippen LogP contribution in [-0.2, 0) is 25.6 Å². The number of aliphatic hydroxyl groups is 1. The fourth-order valence-electron chi connectivity index (χ4n) is 10.7. The zero-order valence-electron chi connectivity index (χ0n) is 28.5. The first-order valence-electron chi connectivity index (χ1n) is 17.4. The van der Waals surface area contributed by atoms with E-state index in [1.807, 2.05) is 24.3 Å². The molecule has 4 saturated carbocycles. The summed E-state index contributed by atoms with van der Waals surface area (Å²) in [7, 11) is 3.06. The molecule has 0 bridgehead atoms. The molecule has 1 aromatic heterocycles. The van der Waals surface area contributed by atoms with Crippen molar-refractivity contribution < 1.29 is 28.9 Å². The van der Waals surface area contributed by atoms with Crippen molar-refractivity contribution in [2.75, 3.05) is 20.1 Å². The van der Waals surface area contributed by atoms with Gasteiger partial charge in [-0.15, -0.1) is 5.10 Å². The van der Waals surface area contributed by atoms with E-state index in [0.717, 1.165) is 62.7 Å². The van der Waals surface area contributed by atoms with Crippen molar-refractivity contribution in [3.8, 4) is 17.1 Å². The summed E-state index contributed by atoms with van der Waals surface area (Å²) >= 11 is 5.50. The van der Waals surface area contributed by atoms with Crippen molar-refractivity contribution in [1.82, 2.24) is 14.5 Å². The van der Waals surface area contributed by atoms with Crippen LogP contribution in [0.5, 0.6) is 5.75 Å². The Kier molecular flexibility index (Phi) is 9.52. The molecule has 4 aliphatic carbocycles. The Morgan fingerprint density at radius 1 is 1.06 bits per heavy atom. The fraction of sp³-hybridized carbons (Fsp3) is 0.722. The molecule has 0 amide bonds. The Bertz CT molecular complexity index is 1520. The van der Waals surface area contributed by atoms with E-state index in [2.05, 4.69) is 25.9 Å². The summed E-state index contributed by atoms with van der Waals surface area (Å²) in [6, 6.07) is 7.34. The third-order valence-corrected chi connectivity index (χ3v) is 13.7. The van der Waals surface area contributed by atoms with E-state index >= 15 is 0 Å². The quantitative estimate of drug-likeness (QED) is 0.190. The minimum atomic E-state index is -0.357. The average Bonchev–Trinajstić information content (AvgIpc) is 3.57. The summed E-state index contributed by atoms with van der Waals surface area (Å²) in [5, 5.41) is 16.4. The second kappa shape index (κ2) is 13.2. The van der Waals surface area contributed by atoms with E-state index in [-0.39, 0.29) is 46.3 Å². The zero-order chi connectivity index (χ0) is 33.7. The predicted octanol–water partition coefficient (Wildman–Crippen LogP) is 5.93. The minimum absolute atomic E-state index is 0.0962. The highest BCUT2D eigenvalue weighted by atomic mass is 32.1. The smallest absolute Gasteiger partial charge is 0.328 e. The molecule has 0 radical (unpaired) electrons. The van der Waals surface area contributed by atoms with E-state index in [1.165, 1.54) is 22.9 Å². The molecular weight excluding hydrogens is 616 g/mol. The molecule has 10 nitrogen and oxygen atoms in total. The van der Waals surface area contributed by atoms with Gasteiger partial charge >= 0.3 is 11.9 Å². The van der Waals surface area contributed by atoms with Crippen molar-refractivity contribution in [2.24, 2.45) is 46.3 Å². The lowest BCUT2D eigenvalue weighted by molar-refractivity contribution is -0.182. The summed E-state index contributed by atoms with van der Waals surface area (Å²) in [6.07, 6.45) is 8.84. The number of nitrogens with two attached hydrogens (primary N) is 1. The Morgan fingerprint density at radius 3 is 2.51 bits per heavy atom. The van der Waals surface area contributed by atoms with Crippen LogP contribution >= 0.6 is 12.2 Å². The second-order valence-corrected chi connectivity index (χ2v) is 15.7. The molecule has 2 aromatic rings. The number of hydrogen-bond donors (Lipinski definition) is 2. The standard InChI is InChI=1S/C36H52N4O6S/c1-21(6-15-31(42)45-5)27-13-14-28-26-12-9-23-18-25(16-17-35(23,2)29(26)19-30(41)36(27,28)3)46-32(43)20-39-34(47)40(37)33(38-39)22-7-10-24(44-4)11-8-22/h7-8,10-11,21,23,25-30,41H,6,9,12-20,37H2,1-5H3/t21-,23-,25-,26+,27-,28+,29+,30+,35+,36-/m1/s1. The number of methoxy groups -OCH3 is 2. The van der Waals surface area contributed by atoms with Crippen LogP contribution in [-0.4, -0.2) is 57.9 Å². The van der Waals surface area contributed by atoms with Gasteiger partial charge in [0.25, 0.3) is 0 Å². The minimum Gasteiger partial charge on any atom is -0.497 e. The molecular formula is C36H52N4O6S. The maximum absolute atomic E-state index is 13.2. The monoisotopic (exact) mass is 668 g/mol. The number of fused-ring (bicyclic) bond motifs is 5. The first-order valence-corrected chi connectivity index (χ1v) is 17.8. The van der Waals surface area contributed by atoms with E-state index in [4.69, 9.17) is 32.3 Å². The lowest BCUT2D eigenvalue weighted by Crippen LogP contribution is -2.59. The van der Waals surface area contributed by atoms with E-state index in [9.17, 15) is 14.7 Å². The summed E-state index contributed by atoms with van der Waals surface area (Å²) in [6.45, 7) is 6.95. The van der Waals surface area contributed by atoms with Gasteiger partial charge in [-0.25, -0.2) is 9.36 Å². The topological polar surface area (TPSA) is 131 Å². The predicted molar refractivity (Wildman–Crippen MR) is 180 cm³/mol. The van der Waals surface area contributed by atoms with Crippen molar-refractivity contribution in [3.05, 3.63) is 29.0 Å². The van der Waals surface area contributed by atoms with Crippen LogP contribution in [0.25, 0.3) is 11.4 Å².